The van der Waals surface area contributed by atoms with Crippen molar-refractivity contribution >= 4 is 21.6 Å². The molecule has 1 aromatic heterocycles. The number of hydrogen-bond donors (Lipinski definition) is 2. The Kier molecular flexibility index (Phi) is 7.59. The molecule has 1 saturated heterocycles. The smallest absolute Gasteiger partial charge is 0.261 e. The highest BCUT2D eigenvalue weighted by atomic mass is 32.2. The Morgan fingerprint density at radius 2 is 1.71 bits per heavy atom. The Labute approximate surface area is 206 Å². The van der Waals surface area contributed by atoms with Crippen LogP contribution in [0.3, 0.4) is 0 Å². The van der Waals surface area contributed by atoms with E-state index in [1.165, 1.54) is 24.3 Å². The molecule has 8 nitrogen and oxygen atoms in total. The molecule has 4 rings (SSSR count). The Balaban J connectivity index is 1.43. The summed E-state index contributed by atoms with van der Waals surface area (Å²) in [5.74, 6) is 1.33. The molecule has 2 heterocycles. The normalized spacial score (nSPS) is 15.5. The summed E-state index contributed by atoms with van der Waals surface area (Å²) >= 11 is 0. The number of furan rings is 1. The van der Waals surface area contributed by atoms with E-state index in [1.54, 1.807) is 6.07 Å². The average Bonchev–Trinajstić information content (AvgIpc) is 3.28. The van der Waals surface area contributed by atoms with E-state index in [-0.39, 0.29) is 16.8 Å². The molecular weight excluding hydrogens is 466 g/mol. The van der Waals surface area contributed by atoms with E-state index in [4.69, 9.17) is 9.15 Å². The predicted octanol–water partition coefficient (Wildman–Crippen LogP) is 3.81. The van der Waals surface area contributed by atoms with Crippen LogP contribution in [0.2, 0.25) is 0 Å². The molecule has 3 aromatic rings. The molecule has 1 aliphatic rings. The van der Waals surface area contributed by atoms with Gasteiger partial charge in [-0.05, 0) is 74.4 Å². The van der Waals surface area contributed by atoms with Gasteiger partial charge in [-0.3, -0.25) is 14.4 Å². The topological polar surface area (TPSA) is 101 Å². The van der Waals surface area contributed by atoms with Gasteiger partial charge in [-0.25, -0.2) is 8.42 Å². The lowest BCUT2D eigenvalue weighted by molar-refractivity contribution is 0.0117. The quantitative estimate of drug-likeness (QED) is 0.491. The second-order valence-corrected chi connectivity index (χ2v) is 10.4. The van der Waals surface area contributed by atoms with Gasteiger partial charge in [-0.15, -0.1) is 0 Å². The zero-order valence-corrected chi connectivity index (χ0v) is 21.0. The molecule has 1 aliphatic heterocycles. The fourth-order valence-corrected chi connectivity index (χ4v) is 5.20. The number of carbonyl (C=O) groups excluding carboxylic acids is 1. The van der Waals surface area contributed by atoms with Crippen molar-refractivity contribution in [2.45, 2.75) is 31.7 Å². The molecule has 2 aromatic carbocycles. The molecule has 1 amide bonds. The molecule has 0 bridgehead atoms. The van der Waals surface area contributed by atoms with E-state index < -0.39 is 10.0 Å². The number of hydrogen-bond acceptors (Lipinski definition) is 6. The van der Waals surface area contributed by atoms with Crippen molar-refractivity contribution in [3.63, 3.8) is 0 Å². The fourth-order valence-electron chi connectivity index (χ4n) is 4.07. The zero-order chi connectivity index (χ0) is 25.0. The first-order valence-corrected chi connectivity index (χ1v) is 13.1. The lowest BCUT2D eigenvalue weighted by atomic mass is 10.1. The largest absolute Gasteiger partial charge is 0.465 e. The Morgan fingerprint density at radius 1 is 1.00 bits per heavy atom. The van der Waals surface area contributed by atoms with Crippen LogP contribution in [0.1, 0.15) is 39.0 Å². The van der Waals surface area contributed by atoms with Crippen LogP contribution in [-0.4, -0.2) is 52.1 Å². The number of amides is 1. The van der Waals surface area contributed by atoms with Gasteiger partial charge in [-0.1, -0.05) is 12.1 Å². The number of nitrogens with zero attached hydrogens (tertiary/aromatic N) is 1. The van der Waals surface area contributed by atoms with Crippen LogP contribution in [0, 0.1) is 20.8 Å². The first kappa shape index (κ1) is 25.0. The lowest BCUT2D eigenvalue weighted by Gasteiger charge is -2.33. The molecule has 186 valence electrons. The molecule has 0 unspecified atom stereocenters. The number of sulfonamides is 1. The highest BCUT2D eigenvalue weighted by Crippen LogP contribution is 2.24. The number of rotatable bonds is 8. The van der Waals surface area contributed by atoms with Crippen molar-refractivity contribution in [2.75, 3.05) is 37.6 Å². The minimum absolute atomic E-state index is 0.0900. The molecule has 2 N–H and O–H groups in total. The van der Waals surface area contributed by atoms with Gasteiger partial charge in [0.15, 0.2) is 0 Å². The second kappa shape index (κ2) is 10.6. The van der Waals surface area contributed by atoms with Gasteiger partial charge in [0.1, 0.15) is 11.5 Å². The van der Waals surface area contributed by atoms with Crippen LogP contribution in [0.15, 0.2) is 63.9 Å². The summed E-state index contributed by atoms with van der Waals surface area (Å²) in [5, 5.41) is 2.97. The Hall–Kier alpha value is -3.14. The SMILES string of the molecule is Cc1ccc([C@@H](CNC(=O)c2ccc(S(=O)(=O)Nc3cccc(C)c3C)cc2)N2CCOCC2)o1. The van der Waals surface area contributed by atoms with Crippen LogP contribution >= 0.6 is 0 Å². The Morgan fingerprint density at radius 3 is 2.37 bits per heavy atom. The van der Waals surface area contributed by atoms with Gasteiger partial charge < -0.3 is 14.5 Å². The Bertz CT molecular complexity index is 1280. The third-order valence-electron chi connectivity index (χ3n) is 6.31. The molecule has 0 radical (unpaired) electrons. The number of aryl methyl sites for hydroxylation is 2. The molecule has 0 spiro atoms. The van der Waals surface area contributed by atoms with E-state index in [9.17, 15) is 13.2 Å². The first-order valence-electron chi connectivity index (χ1n) is 11.6. The number of carbonyl (C=O) groups is 1. The highest BCUT2D eigenvalue weighted by molar-refractivity contribution is 7.92. The van der Waals surface area contributed by atoms with Gasteiger partial charge in [0.25, 0.3) is 15.9 Å². The van der Waals surface area contributed by atoms with E-state index in [0.717, 1.165) is 35.7 Å². The maximum atomic E-state index is 12.9. The summed E-state index contributed by atoms with van der Waals surface area (Å²) < 4.78 is 39.7. The molecular formula is C26H31N3O5S. The maximum absolute atomic E-state index is 12.9. The summed E-state index contributed by atoms with van der Waals surface area (Å²) in [4.78, 5) is 15.2. The molecule has 35 heavy (non-hydrogen) atoms. The predicted molar refractivity (Wildman–Crippen MR) is 134 cm³/mol. The second-order valence-electron chi connectivity index (χ2n) is 8.70. The van der Waals surface area contributed by atoms with Crippen LogP contribution in [-0.2, 0) is 14.8 Å². The summed E-state index contributed by atoms with van der Waals surface area (Å²) in [6.45, 7) is 8.82. The van der Waals surface area contributed by atoms with Gasteiger partial charge in [0.2, 0.25) is 0 Å². The third-order valence-corrected chi connectivity index (χ3v) is 7.69. The van der Waals surface area contributed by atoms with Crippen LogP contribution in [0.4, 0.5) is 5.69 Å². The van der Waals surface area contributed by atoms with E-state index in [0.29, 0.717) is 31.0 Å². The van der Waals surface area contributed by atoms with Gasteiger partial charge in [-0.2, -0.15) is 0 Å². The minimum atomic E-state index is -3.78. The average molecular weight is 498 g/mol. The number of anilines is 1. The zero-order valence-electron chi connectivity index (χ0n) is 20.2. The van der Waals surface area contributed by atoms with Crippen LogP contribution in [0.25, 0.3) is 0 Å². The van der Waals surface area contributed by atoms with Crippen molar-refractivity contribution in [2.24, 2.45) is 0 Å². The molecule has 1 atom stereocenters. The first-order chi connectivity index (χ1) is 16.7. The molecule has 0 saturated carbocycles. The van der Waals surface area contributed by atoms with Crippen LogP contribution in [0.5, 0.6) is 0 Å². The summed E-state index contributed by atoms with van der Waals surface area (Å²) in [5.41, 5.74) is 2.78. The highest BCUT2D eigenvalue weighted by Gasteiger charge is 2.26. The molecule has 1 fully saturated rings. The number of ether oxygens (including phenoxy) is 1. The number of benzene rings is 2. The van der Waals surface area contributed by atoms with Gasteiger partial charge in [0, 0.05) is 25.2 Å². The summed E-state index contributed by atoms with van der Waals surface area (Å²) in [7, 11) is -3.78. The third kappa shape index (κ3) is 5.93. The van der Waals surface area contributed by atoms with Crippen molar-refractivity contribution in [1.82, 2.24) is 10.2 Å². The van der Waals surface area contributed by atoms with Crippen molar-refractivity contribution in [1.29, 1.82) is 0 Å². The summed E-state index contributed by atoms with van der Waals surface area (Å²) in [6, 6.07) is 15.1. The number of morpholine rings is 1. The van der Waals surface area contributed by atoms with Crippen molar-refractivity contribution in [3.05, 3.63) is 82.8 Å². The maximum Gasteiger partial charge on any atom is 0.261 e. The monoisotopic (exact) mass is 497 g/mol. The fraction of sp³-hybridized carbons (Fsp3) is 0.346. The van der Waals surface area contributed by atoms with E-state index >= 15 is 0 Å². The molecule has 9 heteroatoms. The molecule has 0 aliphatic carbocycles. The van der Waals surface area contributed by atoms with E-state index in [1.807, 2.05) is 45.0 Å². The standard InChI is InChI=1S/C26H31N3O5S/c1-18-5-4-6-23(20(18)3)28-35(31,32)22-10-8-21(9-11-22)26(30)27-17-24(25-12-7-19(2)34-25)29-13-15-33-16-14-29/h4-12,24,28H,13-17H2,1-3H3,(H,27,30)/t24-/m1/s1. The van der Waals surface area contributed by atoms with Crippen molar-refractivity contribution in [3.8, 4) is 0 Å². The van der Waals surface area contributed by atoms with Gasteiger partial charge in [0.05, 0.1) is 29.8 Å². The lowest BCUT2D eigenvalue weighted by Crippen LogP contribution is -2.43. The number of nitrogens with one attached hydrogen (secondary N) is 2. The summed E-state index contributed by atoms with van der Waals surface area (Å²) in [6.07, 6.45) is 0. The minimum Gasteiger partial charge on any atom is -0.465 e. The van der Waals surface area contributed by atoms with E-state index in [2.05, 4.69) is 14.9 Å². The van der Waals surface area contributed by atoms with Crippen LogP contribution < -0.4 is 10.0 Å². The van der Waals surface area contributed by atoms with Gasteiger partial charge >= 0.3 is 0 Å². The van der Waals surface area contributed by atoms with Crippen molar-refractivity contribution < 1.29 is 22.4 Å².